The first-order chi connectivity index (χ1) is 14.1. The van der Waals surface area contributed by atoms with Crippen LogP contribution in [0.15, 0.2) is 51.8 Å². The third-order valence-corrected chi connectivity index (χ3v) is 6.63. The molecule has 1 aliphatic heterocycles. The third kappa shape index (κ3) is 4.45. The number of amides is 2. The lowest BCUT2D eigenvalue weighted by Crippen LogP contribution is -2.33. The number of nitrogens with zero attached hydrogens (tertiary/aromatic N) is 1. The summed E-state index contributed by atoms with van der Waals surface area (Å²) in [6.45, 7) is 3.04. The predicted octanol–water partition coefficient (Wildman–Crippen LogP) is 2.59. The van der Waals surface area contributed by atoms with Crippen LogP contribution in [0.1, 0.15) is 44.9 Å². The Kier molecular flexibility index (Phi) is 6.39. The number of fused-ring (bicyclic) bond motifs is 1. The van der Waals surface area contributed by atoms with Gasteiger partial charge >= 0.3 is 5.97 Å². The zero-order chi connectivity index (χ0) is 22.1. The highest BCUT2D eigenvalue weighted by Gasteiger charge is 2.35. The maximum atomic E-state index is 12.5. The van der Waals surface area contributed by atoms with Crippen molar-refractivity contribution < 1.29 is 27.5 Å². The van der Waals surface area contributed by atoms with Gasteiger partial charge in [0.25, 0.3) is 11.8 Å². The summed E-state index contributed by atoms with van der Waals surface area (Å²) < 4.78 is 32.7. The number of carbonyl (C=O) groups excluding carboxylic acids is 3. The number of halogens is 1. The molecule has 2 aromatic carbocycles. The summed E-state index contributed by atoms with van der Waals surface area (Å²) in [6.07, 6.45) is 0. The Balaban J connectivity index is 1.68. The number of imide groups is 1. The first-order valence-electron chi connectivity index (χ1n) is 9.06. The van der Waals surface area contributed by atoms with E-state index in [4.69, 9.17) is 4.74 Å². The van der Waals surface area contributed by atoms with E-state index in [2.05, 4.69) is 20.7 Å². The Hall–Kier alpha value is -2.56. The topological polar surface area (TPSA) is 110 Å². The summed E-state index contributed by atoms with van der Waals surface area (Å²) >= 11 is 3.21. The lowest BCUT2D eigenvalue weighted by Gasteiger charge is -2.14. The highest BCUT2D eigenvalue weighted by atomic mass is 79.9. The van der Waals surface area contributed by atoms with Crippen LogP contribution in [0.4, 0.5) is 0 Å². The second-order valence-electron chi connectivity index (χ2n) is 6.86. The zero-order valence-corrected chi connectivity index (χ0v) is 18.6. The molecule has 0 aromatic heterocycles. The summed E-state index contributed by atoms with van der Waals surface area (Å²) in [4.78, 5) is 38.1. The Bertz CT molecular complexity index is 1090. The average molecular weight is 495 g/mol. The lowest BCUT2D eigenvalue weighted by atomic mass is 10.1. The fraction of sp³-hybridized carbons (Fsp3) is 0.250. The molecule has 1 heterocycles. The molecule has 0 unspecified atom stereocenters. The molecule has 0 radical (unpaired) electrons. The Morgan fingerprint density at radius 2 is 1.70 bits per heavy atom. The number of nitrogens with one attached hydrogen (secondary N) is 1. The van der Waals surface area contributed by atoms with Crippen molar-refractivity contribution in [3.8, 4) is 0 Å². The summed E-state index contributed by atoms with van der Waals surface area (Å²) in [5, 5.41) is 0. The first kappa shape index (κ1) is 22.1. The van der Waals surface area contributed by atoms with E-state index >= 15 is 0 Å². The van der Waals surface area contributed by atoms with Gasteiger partial charge in [-0.3, -0.25) is 14.5 Å². The maximum absolute atomic E-state index is 12.5. The lowest BCUT2D eigenvalue weighted by molar-refractivity contribution is 0.0419. The monoisotopic (exact) mass is 494 g/mol. The van der Waals surface area contributed by atoms with Gasteiger partial charge in [0.05, 0.1) is 28.1 Å². The van der Waals surface area contributed by atoms with E-state index in [9.17, 15) is 22.8 Å². The molecule has 0 bridgehead atoms. The fourth-order valence-electron chi connectivity index (χ4n) is 2.96. The molecule has 2 aromatic rings. The van der Waals surface area contributed by atoms with Crippen LogP contribution in [0.5, 0.6) is 0 Å². The van der Waals surface area contributed by atoms with E-state index < -0.39 is 27.8 Å². The van der Waals surface area contributed by atoms with Gasteiger partial charge in [-0.25, -0.2) is 17.9 Å². The predicted molar refractivity (Wildman–Crippen MR) is 112 cm³/mol. The molecule has 8 nitrogen and oxygen atoms in total. The Morgan fingerprint density at radius 3 is 2.27 bits per heavy atom. The molecule has 0 fully saturated rings. The number of ether oxygens (including phenoxy) is 1. The van der Waals surface area contributed by atoms with Gasteiger partial charge in [-0.15, -0.1) is 0 Å². The molecule has 10 heteroatoms. The molecule has 30 heavy (non-hydrogen) atoms. The van der Waals surface area contributed by atoms with E-state index in [1.165, 1.54) is 18.2 Å². The van der Waals surface area contributed by atoms with Gasteiger partial charge in [0.15, 0.2) is 0 Å². The van der Waals surface area contributed by atoms with Crippen molar-refractivity contribution in [2.45, 2.75) is 24.8 Å². The van der Waals surface area contributed by atoms with E-state index in [0.717, 1.165) is 4.90 Å². The van der Waals surface area contributed by atoms with Gasteiger partial charge in [0.1, 0.15) is 6.61 Å². The maximum Gasteiger partial charge on any atom is 0.339 e. The molecular formula is C20H19BrN2O6S. The van der Waals surface area contributed by atoms with Gasteiger partial charge in [-0.1, -0.05) is 12.1 Å². The SMILES string of the molecule is CC(C)NS(=O)(=O)c1ccc(Br)c(C(=O)OCCN2C(=O)c3ccccc3C2=O)c1. The van der Waals surface area contributed by atoms with Crippen molar-refractivity contribution in [2.24, 2.45) is 0 Å². The third-order valence-electron chi connectivity index (χ3n) is 4.29. The fourth-order valence-corrected chi connectivity index (χ4v) is 4.64. The molecule has 2 amide bonds. The van der Waals surface area contributed by atoms with Crippen molar-refractivity contribution in [1.82, 2.24) is 9.62 Å². The van der Waals surface area contributed by atoms with Crippen molar-refractivity contribution in [3.63, 3.8) is 0 Å². The minimum absolute atomic E-state index is 0.0176. The highest BCUT2D eigenvalue weighted by Crippen LogP contribution is 2.24. The summed E-state index contributed by atoms with van der Waals surface area (Å²) in [5.41, 5.74) is 0.642. The summed E-state index contributed by atoms with van der Waals surface area (Å²) in [5.74, 6) is -1.67. The average Bonchev–Trinajstić information content (AvgIpc) is 2.92. The van der Waals surface area contributed by atoms with Crippen LogP contribution in [0, 0.1) is 0 Å². The van der Waals surface area contributed by atoms with Crippen LogP contribution in [0.25, 0.3) is 0 Å². The van der Waals surface area contributed by atoms with Crippen LogP contribution in [0.2, 0.25) is 0 Å². The van der Waals surface area contributed by atoms with E-state index in [1.54, 1.807) is 38.1 Å². The van der Waals surface area contributed by atoms with Gasteiger partial charge in [0.2, 0.25) is 10.0 Å². The van der Waals surface area contributed by atoms with Crippen molar-refractivity contribution in [3.05, 3.63) is 63.6 Å². The molecule has 0 saturated carbocycles. The number of carbonyl (C=O) groups is 3. The minimum Gasteiger partial charge on any atom is -0.460 e. The zero-order valence-electron chi connectivity index (χ0n) is 16.2. The highest BCUT2D eigenvalue weighted by molar-refractivity contribution is 9.10. The standard InChI is InChI=1S/C20H19BrN2O6S/c1-12(2)22-30(27,28)13-7-8-17(21)16(11-13)20(26)29-10-9-23-18(24)14-5-3-4-6-15(14)19(23)25/h3-8,11-12,22H,9-10H2,1-2H3. The van der Waals surface area contributed by atoms with Crippen molar-refractivity contribution in [1.29, 1.82) is 0 Å². The summed E-state index contributed by atoms with van der Waals surface area (Å²) in [6, 6.07) is 10.2. The normalized spacial score (nSPS) is 13.7. The van der Waals surface area contributed by atoms with Crippen LogP contribution >= 0.6 is 15.9 Å². The van der Waals surface area contributed by atoms with Crippen LogP contribution < -0.4 is 4.72 Å². The van der Waals surface area contributed by atoms with Gasteiger partial charge in [0, 0.05) is 10.5 Å². The molecule has 3 rings (SSSR count). The van der Waals surface area contributed by atoms with Gasteiger partial charge < -0.3 is 4.74 Å². The van der Waals surface area contributed by atoms with Crippen molar-refractivity contribution in [2.75, 3.05) is 13.2 Å². The number of benzene rings is 2. The molecule has 0 aliphatic carbocycles. The smallest absolute Gasteiger partial charge is 0.339 e. The molecule has 0 atom stereocenters. The summed E-state index contributed by atoms with van der Waals surface area (Å²) in [7, 11) is -3.79. The van der Waals surface area contributed by atoms with E-state index in [1.807, 2.05) is 0 Å². The molecule has 1 aliphatic rings. The molecular weight excluding hydrogens is 476 g/mol. The number of esters is 1. The molecule has 0 spiro atoms. The van der Waals surface area contributed by atoms with Gasteiger partial charge in [-0.2, -0.15) is 0 Å². The van der Waals surface area contributed by atoms with Crippen LogP contribution in [-0.4, -0.2) is 50.3 Å². The quantitative estimate of drug-likeness (QED) is 0.467. The number of rotatable bonds is 7. The second kappa shape index (κ2) is 8.66. The van der Waals surface area contributed by atoms with E-state index in [0.29, 0.717) is 15.6 Å². The van der Waals surface area contributed by atoms with Crippen LogP contribution in [-0.2, 0) is 14.8 Å². The number of sulfonamides is 1. The largest absolute Gasteiger partial charge is 0.460 e. The van der Waals surface area contributed by atoms with Crippen LogP contribution in [0.3, 0.4) is 0 Å². The Labute approximate surface area is 182 Å². The number of hydrogen-bond acceptors (Lipinski definition) is 6. The Morgan fingerprint density at radius 1 is 1.10 bits per heavy atom. The van der Waals surface area contributed by atoms with Crippen molar-refractivity contribution >= 4 is 43.7 Å². The second-order valence-corrected chi connectivity index (χ2v) is 9.43. The minimum atomic E-state index is -3.79. The molecule has 1 N–H and O–H groups in total. The molecule has 0 saturated heterocycles. The van der Waals surface area contributed by atoms with E-state index in [-0.39, 0.29) is 29.7 Å². The number of hydrogen-bond donors (Lipinski definition) is 1. The molecule has 158 valence electrons. The first-order valence-corrected chi connectivity index (χ1v) is 11.3. The van der Waals surface area contributed by atoms with Gasteiger partial charge in [-0.05, 0) is 60.1 Å².